The highest BCUT2D eigenvalue weighted by molar-refractivity contribution is 7.91. The molecule has 1 aliphatic rings. The Balaban J connectivity index is 1.77. The number of hydrogen-bond acceptors (Lipinski definition) is 7. The summed E-state index contributed by atoms with van der Waals surface area (Å²) in [6.45, 7) is 5.57. The van der Waals surface area contributed by atoms with Crippen LogP contribution in [-0.4, -0.2) is 65.3 Å². The van der Waals surface area contributed by atoms with Gasteiger partial charge < -0.3 is 13.8 Å². The van der Waals surface area contributed by atoms with E-state index < -0.39 is 25.0 Å². The SMILES string of the molecule is CC(C)CC(=O)N(Cc1ccc(OS(=O)(=O)c2ccccc2S(=O)(=O)N(C)C)cc1)CC1CCCO1. The van der Waals surface area contributed by atoms with Gasteiger partial charge in [-0.1, -0.05) is 38.1 Å². The van der Waals surface area contributed by atoms with Crippen molar-refractivity contribution in [3.8, 4) is 5.75 Å². The summed E-state index contributed by atoms with van der Waals surface area (Å²) in [6.07, 6.45) is 2.35. The largest absolute Gasteiger partial charge is 0.379 e. The van der Waals surface area contributed by atoms with Crippen LogP contribution >= 0.6 is 0 Å². The minimum absolute atomic E-state index is 0.0207. The van der Waals surface area contributed by atoms with Crippen molar-refractivity contribution in [3.05, 3.63) is 54.1 Å². The lowest BCUT2D eigenvalue weighted by Gasteiger charge is -2.26. The second-order valence-electron chi connectivity index (χ2n) is 9.42. The molecule has 198 valence electrons. The molecule has 0 radical (unpaired) electrons. The van der Waals surface area contributed by atoms with Gasteiger partial charge in [0.15, 0.2) is 0 Å². The summed E-state index contributed by atoms with van der Waals surface area (Å²) in [5.74, 6) is 0.307. The second kappa shape index (κ2) is 11.7. The first-order chi connectivity index (χ1) is 16.9. The highest BCUT2D eigenvalue weighted by Crippen LogP contribution is 2.27. The van der Waals surface area contributed by atoms with E-state index >= 15 is 0 Å². The molecule has 0 aliphatic carbocycles. The smallest absolute Gasteiger partial charge is 0.340 e. The third kappa shape index (κ3) is 7.06. The van der Waals surface area contributed by atoms with E-state index in [2.05, 4.69) is 0 Å². The van der Waals surface area contributed by atoms with Gasteiger partial charge in [0, 0.05) is 40.2 Å². The number of hydrogen-bond donors (Lipinski definition) is 0. The molecule has 2 aromatic rings. The number of benzene rings is 2. The maximum absolute atomic E-state index is 13.0. The van der Waals surface area contributed by atoms with Crippen LogP contribution in [0.25, 0.3) is 0 Å². The first-order valence-electron chi connectivity index (χ1n) is 11.8. The zero-order valence-corrected chi connectivity index (χ0v) is 22.7. The number of ether oxygens (including phenoxy) is 1. The fraction of sp³-hybridized carbons (Fsp3) is 0.480. The van der Waals surface area contributed by atoms with Gasteiger partial charge >= 0.3 is 10.1 Å². The molecule has 36 heavy (non-hydrogen) atoms. The molecular weight excluding hydrogens is 504 g/mol. The molecule has 11 heteroatoms. The monoisotopic (exact) mass is 538 g/mol. The Kier molecular flexibility index (Phi) is 9.15. The molecule has 1 heterocycles. The Bertz CT molecular complexity index is 1250. The quantitative estimate of drug-likeness (QED) is 0.404. The summed E-state index contributed by atoms with van der Waals surface area (Å²) in [6, 6.07) is 11.7. The predicted octanol–water partition coefficient (Wildman–Crippen LogP) is 3.26. The van der Waals surface area contributed by atoms with Crippen LogP contribution in [0.4, 0.5) is 0 Å². The number of nitrogens with zero attached hydrogens (tertiary/aromatic N) is 2. The summed E-state index contributed by atoms with van der Waals surface area (Å²) in [5, 5.41) is 0. The molecule has 9 nitrogen and oxygen atoms in total. The molecular formula is C25H34N2O7S2. The molecule has 1 saturated heterocycles. The summed E-state index contributed by atoms with van der Waals surface area (Å²) < 4.78 is 63.1. The van der Waals surface area contributed by atoms with Crippen LogP contribution in [0.15, 0.2) is 58.3 Å². The van der Waals surface area contributed by atoms with Gasteiger partial charge in [-0.2, -0.15) is 8.42 Å². The predicted molar refractivity (Wildman–Crippen MR) is 135 cm³/mol. The van der Waals surface area contributed by atoms with E-state index in [0.29, 0.717) is 26.1 Å². The van der Waals surface area contributed by atoms with Gasteiger partial charge in [0.1, 0.15) is 15.5 Å². The van der Waals surface area contributed by atoms with Gasteiger partial charge in [0.2, 0.25) is 15.9 Å². The standard InChI is InChI=1S/C25H34N2O7S2/c1-19(2)16-25(28)27(18-22-8-7-15-33-22)17-20-11-13-21(14-12-20)34-36(31,32)24-10-6-5-9-23(24)35(29,30)26(3)4/h5-6,9-14,19,22H,7-8,15-18H2,1-4H3. The van der Waals surface area contributed by atoms with Gasteiger partial charge in [-0.25, -0.2) is 12.7 Å². The van der Waals surface area contributed by atoms with Crippen molar-refractivity contribution in [3.63, 3.8) is 0 Å². The third-order valence-electron chi connectivity index (χ3n) is 5.76. The Morgan fingerprint density at radius 2 is 1.67 bits per heavy atom. The molecule has 3 rings (SSSR count). The van der Waals surface area contributed by atoms with Crippen LogP contribution in [0, 0.1) is 5.92 Å². The lowest BCUT2D eigenvalue weighted by Crippen LogP contribution is -2.37. The molecule has 0 saturated carbocycles. The van der Waals surface area contributed by atoms with E-state index in [1.165, 1.54) is 50.5 Å². The second-order valence-corrected chi connectivity index (χ2v) is 13.1. The number of carbonyl (C=O) groups is 1. The first-order valence-corrected chi connectivity index (χ1v) is 14.7. The minimum Gasteiger partial charge on any atom is -0.379 e. The van der Waals surface area contributed by atoms with Crippen LogP contribution in [0.5, 0.6) is 5.75 Å². The third-order valence-corrected chi connectivity index (χ3v) is 9.07. The summed E-state index contributed by atoms with van der Waals surface area (Å²) >= 11 is 0. The van der Waals surface area contributed by atoms with Gasteiger partial charge in [-0.3, -0.25) is 4.79 Å². The van der Waals surface area contributed by atoms with Crippen molar-refractivity contribution >= 4 is 26.0 Å². The number of rotatable bonds is 11. The molecule has 0 aromatic heterocycles. The van der Waals surface area contributed by atoms with Crippen LogP contribution in [0.1, 0.15) is 38.7 Å². The van der Waals surface area contributed by atoms with Crippen LogP contribution < -0.4 is 4.18 Å². The van der Waals surface area contributed by atoms with E-state index in [1.54, 1.807) is 17.0 Å². The Hall–Kier alpha value is -2.47. The molecule has 2 aromatic carbocycles. The minimum atomic E-state index is -4.43. The fourth-order valence-corrected chi connectivity index (χ4v) is 6.48. The molecule has 1 atom stereocenters. The lowest BCUT2D eigenvalue weighted by atomic mass is 10.1. The molecule has 1 unspecified atom stereocenters. The van der Waals surface area contributed by atoms with E-state index in [0.717, 1.165) is 22.7 Å². The zero-order valence-electron chi connectivity index (χ0n) is 21.1. The fourth-order valence-electron chi connectivity index (χ4n) is 3.88. The molecule has 1 fully saturated rings. The van der Waals surface area contributed by atoms with E-state index in [4.69, 9.17) is 8.92 Å². The van der Waals surface area contributed by atoms with Crippen molar-refractivity contribution < 1.29 is 30.6 Å². The topological polar surface area (TPSA) is 110 Å². The maximum Gasteiger partial charge on any atom is 0.340 e. The van der Waals surface area contributed by atoms with Crippen molar-refractivity contribution in [2.75, 3.05) is 27.2 Å². The molecule has 0 bridgehead atoms. The number of amides is 1. The van der Waals surface area contributed by atoms with Gasteiger partial charge in [0.25, 0.3) is 0 Å². The summed E-state index contributed by atoms with van der Waals surface area (Å²) in [5.41, 5.74) is 0.811. The zero-order chi connectivity index (χ0) is 26.5. The van der Waals surface area contributed by atoms with E-state index in [9.17, 15) is 21.6 Å². The highest BCUT2D eigenvalue weighted by atomic mass is 32.2. The lowest BCUT2D eigenvalue weighted by molar-refractivity contribution is -0.134. The Labute approximate surface area is 214 Å². The normalized spacial score (nSPS) is 16.4. The van der Waals surface area contributed by atoms with E-state index in [1.807, 2.05) is 13.8 Å². The Morgan fingerprint density at radius 1 is 1.03 bits per heavy atom. The first kappa shape index (κ1) is 28.1. The number of carbonyl (C=O) groups excluding carboxylic acids is 1. The van der Waals surface area contributed by atoms with Gasteiger partial charge in [0.05, 0.1) is 6.10 Å². The van der Waals surface area contributed by atoms with Gasteiger partial charge in [-0.15, -0.1) is 0 Å². The van der Waals surface area contributed by atoms with Gasteiger partial charge in [-0.05, 0) is 48.6 Å². The average molecular weight is 539 g/mol. The van der Waals surface area contributed by atoms with Crippen molar-refractivity contribution in [1.82, 2.24) is 9.21 Å². The highest BCUT2D eigenvalue weighted by Gasteiger charge is 2.29. The summed E-state index contributed by atoms with van der Waals surface area (Å²) in [4.78, 5) is 13.8. The van der Waals surface area contributed by atoms with Crippen LogP contribution in [0.3, 0.4) is 0 Å². The number of sulfonamides is 1. The molecule has 0 N–H and O–H groups in total. The Morgan fingerprint density at radius 3 is 2.22 bits per heavy atom. The van der Waals surface area contributed by atoms with Crippen LogP contribution in [-0.2, 0) is 36.2 Å². The molecule has 0 spiro atoms. The molecule has 1 amide bonds. The average Bonchev–Trinajstić information content (AvgIpc) is 3.32. The maximum atomic E-state index is 13.0. The summed E-state index contributed by atoms with van der Waals surface area (Å²) in [7, 11) is -5.78. The molecule has 1 aliphatic heterocycles. The van der Waals surface area contributed by atoms with Crippen molar-refractivity contribution in [2.24, 2.45) is 5.92 Å². The van der Waals surface area contributed by atoms with E-state index in [-0.39, 0.29) is 28.6 Å². The van der Waals surface area contributed by atoms with Crippen molar-refractivity contribution in [1.29, 1.82) is 0 Å². The van der Waals surface area contributed by atoms with Crippen molar-refractivity contribution in [2.45, 2.75) is 55.5 Å². The van der Waals surface area contributed by atoms with Crippen LogP contribution in [0.2, 0.25) is 0 Å².